The highest BCUT2D eigenvalue weighted by molar-refractivity contribution is 8.53. The van der Waals surface area contributed by atoms with E-state index < -0.39 is 14.8 Å². The van der Waals surface area contributed by atoms with Crippen LogP contribution in [0.4, 0.5) is 4.79 Å². The Labute approximate surface area is 51.3 Å². The van der Waals surface area contributed by atoms with E-state index >= 15 is 0 Å². The van der Waals surface area contributed by atoms with Gasteiger partial charge in [0.15, 0.2) is 0 Å². The summed E-state index contributed by atoms with van der Waals surface area (Å²) in [7, 11) is 0.264. The van der Waals surface area contributed by atoms with Crippen LogP contribution in [0.2, 0.25) is 0 Å². The van der Waals surface area contributed by atoms with Crippen molar-refractivity contribution in [2.24, 2.45) is 0 Å². The molecule has 42 valence electrons. The molecule has 0 amide bonds. The Hall–Kier alpha value is 0.260. The van der Waals surface area contributed by atoms with Gasteiger partial charge in [-0.2, -0.15) is 0 Å². The predicted molar refractivity (Wildman–Crippen MR) is 36.0 cm³/mol. The summed E-state index contributed by atoms with van der Waals surface area (Å²) in [6.45, 7) is 0. The molecule has 2 nitrogen and oxygen atoms in total. The Balaban J connectivity index is 4.10. The maximum absolute atomic E-state index is 9.86. The Morgan fingerprint density at radius 2 is 2.43 bits per heavy atom. The number of rotatable bonds is 0. The molecular weight excluding hydrogens is 152 g/mol. The molecule has 0 aliphatic heterocycles. The molecular formula is C2H4O2S3. The molecule has 7 heavy (non-hydrogen) atoms. The fourth-order valence-corrected chi connectivity index (χ4v) is 0.786. The third-order valence-corrected chi connectivity index (χ3v) is 3.92. The smallest absolute Gasteiger partial charge is 0.368 e. The molecule has 0 aliphatic rings. The SMILES string of the molecule is CS(=S=S)C(=O)O. The molecule has 0 heterocycles. The monoisotopic (exact) mass is 156 g/mol. The maximum Gasteiger partial charge on any atom is 0.368 e. The molecule has 0 saturated heterocycles. The molecule has 0 fully saturated rings. The van der Waals surface area contributed by atoms with Gasteiger partial charge < -0.3 is 5.11 Å². The second kappa shape index (κ2) is 3.29. The van der Waals surface area contributed by atoms with Crippen molar-refractivity contribution < 1.29 is 9.90 Å². The van der Waals surface area contributed by atoms with Gasteiger partial charge in [0.05, 0.1) is 0 Å². The van der Waals surface area contributed by atoms with Crippen molar-refractivity contribution in [3.05, 3.63) is 0 Å². The molecule has 0 aromatic heterocycles. The van der Waals surface area contributed by atoms with Crippen LogP contribution in [0.15, 0.2) is 0 Å². The molecule has 0 aliphatic carbocycles. The summed E-state index contributed by atoms with van der Waals surface area (Å²) < 4.78 is 0. The lowest BCUT2D eigenvalue weighted by Crippen LogP contribution is -1.97. The van der Waals surface area contributed by atoms with Crippen LogP contribution in [0.1, 0.15) is 0 Å². The van der Waals surface area contributed by atoms with Crippen molar-refractivity contribution >= 4 is 34.8 Å². The number of carbonyl (C=O) groups is 1. The topological polar surface area (TPSA) is 37.3 Å². The van der Waals surface area contributed by atoms with Gasteiger partial charge in [0.25, 0.3) is 0 Å². The van der Waals surface area contributed by atoms with Crippen molar-refractivity contribution in [2.45, 2.75) is 0 Å². The van der Waals surface area contributed by atoms with Gasteiger partial charge in [-0.1, -0.05) is 0 Å². The highest BCUT2D eigenvalue weighted by atomic mass is 33.1. The highest BCUT2D eigenvalue weighted by Crippen LogP contribution is 1.74. The van der Waals surface area contributed by atoms with Crippen molar-refractivity contribution in [1.29, 1.82) is 0 Å². The molecule has 5 heteroatoms. The van der Waals surface area contributed by atoms with E-state index in [0.29, 0.717) is 0 Å². The first-order valence-corrected chi connectivity index (χ1v) is 5.26. The van der Waals surface area contributed by atoms with E-state index in [9.17, 15) is 4.79 Å². The lowest BCUT2D eigenvalue weighted by molar-refractivity contribution is 0.222. The van der Waals surface area contributed by atoms with Crippen LogP contribution < -0.4 is 0 Å². The van der Waals surface area contributed by atoms with Gasteiger partial charge in [-0.25, -0.2) is 4.79 Å². The van der Waals surface area contributed by atoms with Gasteiger partial charge in [0.1, 0.15) is 0 Å². The first-order valence-electron chi connectivity index (χ1n) is 1.37. The first-order chi connectivity index (χ1) is 3.18. The number of carboxylic acid groups (broad SMARTS) is 1. The Bertz CT molecular complexity index is 134. The molecule has 1 atom stereocenters. The quantitative estimate of drug-likeness (QED) is 0.550. The summed E-state index contributed by atoms with van der Waals surface area (Å²) in [4.78, 5) is 9.86. The molecule has 0 saturated carbocycles. The van der Waals surface area contributed by atoms with Crippen LogP contribution in [-0.2, 0) is 29.5 Å². The molecule has 0 spiro atoms. The third-order valence-electron chi connectivity index (χ3n) is 0.348. The van der Waals surface area contributed by atoms with Crippen LogP contribution >= 0.6 is 0 Å². The van der Waals surface area contributed by atoms with Gasteiger partial charge in [0, 0.05) is 0 Å². The van der Waals surface area contributed by atoms with E-state index in [4.69, 9.17) is 5.11 Å². The Morgan fingerprint density at radius 1 is 2.00 bits per heavy atom. The summed E-state index contributed by atoms with van der Waals surface area (Å²) in [5.74, 6) is 0. The predicted octanol–water partition coefficient (Wildman–Crippen LogP) is 0.372. The first kappa shape index (κ1) is 7.26. The average molecular weight is 156 g/mol. The number of hydrogen-bond acceptors (Lipinski definition) is 2. The number of hydrogen-bond donors (Lipinski definition) is 1. The van der Waals surface area contributed by atoms with E-state index in [1.807, 2.05) is 0 Å². The van der Waals surface area contributed by atoms with E-state index in [-0.39, 0.29) is 0 Å². The highest BCUT2D eigenvalue weighted by Gasteiger charge is 1.92. The fraction of sp³-hybridized carbons (Fsp3) is 0.500. The Kier molecular flexibility index (Phi) is 3.41. The van der Waals surface area contributed by atoms with Gasteiger partial charge in [-0.3, -0.25) is 0 Å². The second-order valence-corrected chi connectivity index (χ2v) is 5.31. The fourth-order valence-electron chi connectivity index (χ4n) is 0.0291. The van der Waals surface area contributed by atoms with E-state index in [0.717, 1.165) is 8.88 Å². The van der Waals surface area contributed by atoms with E-state index in [1.165, 1.54) is 0 Å². The summed E-state index contributed by atoms with van der Waals surface area (Å²) in [5.41, 5.74) is 0. The zero-order valence-corrected chi connectivity index (χ0v) is 6.03. The maximum atomic E-state index is 9.86. The summed E-state index contributed by atoms with van der Waals surface area (Å²) >= 11 is 4.40. The molecule has 0 aromatic carbocycles. The zero-order chi connectivity index (χ0) is 5.86. The summed E-state index contributed by atoms with van der Waals surface area (Å²) in [6.07, 6.45) is 1.58. The van der Waals surface area contributed by atoms with Crippen molar-refractivity contribution in [3.63, 3.8) is 0 Å². The minimum atomic E-state index is -0.819. The van der Waals surface area contributed by atoms with Gasteiger partial charge in [0.2, 0.25) is 0 Å². The normalized spacial score (nSPS) is 12.7. The van der Waals surface area contributed by atoms with E-state index in [2.05, 4.69) is 11.2 Å². The molecule has 0 bridgehead atoms. The lowest BCUT2D eigenvalue weighted by atomic mass is 11.6. The molecule has 0 rings (SSSR count). The zero-order valence-electron chi connectivity index (χ0n) is 3.58. The minimum absolute atomic E-state index is 0.681. The third kappa shape index (κ3) is 2.90. The van der Waals surface area contributed by atoms with Gasteiger partial charge in [-0.05, 0) is 35.8 Å². The van der Waals surface area contributed by atoms with Crippen molar-refractivity contribution in [3.8, 4) is 0 Å². The van der Waals surface area contributed by atoms with Crippen LogP contribution in [0.25, 0.3) is 0 Å². The lowest BCUT2D eigenvalue weighted by Gasteiger charge is -1.81. The van der Waals surface area contributed by atoms with Crippen LogP contribution in [0.3, 0.4) is 0 Å². The van der Waals surface area contributed by atoms with Crippen LogP contribution in [0.5, 0.6) is 0 Å². The summed E-state index contributed by atoms with van der Waals surface area (Å²) in [6, 6.07) is 0. The largest absolute Gasteiger partial charge is 0.473 e. The van der Waals surface area contributed by atoms with Gasteiger partial charge >= 0.3 is 5.30 Å². The summed E-state index contributed by atoms with van der Waals surface area (Å²) in [5, 5.41) is 7.29. The van der Waals surface area contributed by atoms with Crippen LogP contribution in [-0.4, -0.2) is 16.7 Å². The van der Waals surface area contributed by atoms with Crippen molar-refractivity contribution in [1.82, 2.24) is 0 Å². The molecule has 1 N–H and O–H groups in total. The van der Waals surface area contributed by atoms with Gasteiger partial charge in [-0.15, -0.1) is 0 Å². The molecule has 1 unspecified atom stereocenters. The van der Waals surface area contributed by atoms with E-state index in [1.54, 1.807) is 6.26 Å². The molecule has 0 radical (unpaired) electrons. The van der Waals surface area contributed by atoms with Crippen LogP contribution in [0, 0.1) is 0 Å². The Morgan fingerprint density at radius 3 is 2.43 bits per heavy atom. The standard InChI is InChI=1S/C2H4O2S3/c1-7(6-5)2(3)4/h1H3,(H,3,4). The second-order valence-electron chi connectivity index (χ2n) is 0.788. The minimum Gasteiger partial charge on any atom is -0.473 e. The molecule has 0 aromatic rings. The van der Waals surface area contributed by atoms with Crippen molar-refractivity contribution in [2.75, 3.05) is 6.26 Å². The average Bonchev–Trinajstić information content (AvgIpc) is 1.65.